The van der Waals surface area contributed by atoms with E-state index in [9.17, 15) is 4.79 Å². The van der Waals surface area contributed by atoms with Crippen molar-refractivity contribution >= 4 is 11.6 Å². The zero-order valence-electron chi connectivity index (χ0n) is 12.2. The van der Waals surface area contributed by atoms with Gasteiger partial charge in [-0.15, -0.1) is 0 Å². The molecular formula is C15H24N4O. The molecule has 20 heavy (non-hydrogen) atoms. The molecule has 1 amide bonds. The number of nitrogens with two attached hydrogens (primary N) is 1. The van der Waals surface area contributed by atoms with Gasteiger partial charge in [0.05, 0.1) is 11.7 Å². The number of aromatic nitrogens is 2. The Bertz CT molecular complexity index is 490. The molecule has 1 saturated heterocycles. The first-order valence-corrected chi connectivity index (χ1v) is 7.79. The molecule has 0 aromatic carbocycles. The Hall–Kier alpha value is -1.52. The summed E-state index contributed by atoms with van der Waals surface area (Å²) in [5.41, 5.74) is 7.00. The molecule has 1 aliphatic heterocycles. The smallest absolute Gasteiger partial charge is 0.276 e. The first kappa shape index (κ1) is 13.5. The van der Waals surface area contributed by atoms with E-state index in [0.29, 0.717) is 23.3 Å². The SMILES string of the molecule is CC1CCCN(C(=O)c2nn(C3CCCC3)cc2N)C1. The van der Waals surface area contributed by atoms with Gasteiger partial charge in [0.25, 0.3) is 5.91 Å². The third-order valence-corrected chi connectivity index (χ3v) is 4.61. The highest BCUT2D eigenvalue weighted by Crippen LogP contribution is 2.30. The molecule has 2 aliphatic rings. The molecule has 5 nitrogen and oxygen atoms in total. The van der Waals surface area contributed by atoms with Crippen molar-refractivity contribution in [2.45, 2.75) is 51.5 Å². The molecule has 110 valence electrons. The van der Waals surface area contributed by atoms with Gasteiger partial charge in [-0.3, -0.25) is 9.48 Å². The Morgan fingerprint density at radius 1 is 1.30 bits per heavy atom. The number of hydrogen-bond acceptors (Lipinski definition) is 3. The van der Waals surface area contributed by atoms with Gasteiger partial charge in [-0.05, 0) is 31.6 Å². The van der Waals surface area contributed by atoms with Crippen LogP contribution in [-0.4, -0.2) is 33.7 Å². The van der Waals surface area contributed by atoms with Crippen molar-refractivity contribution in [1.82, 2.24) is 14.7 Å². The van der Waals surface area contributed by atoms with Crippen LogP contribution >= 0.6 is 0 Å². The summed E-state index contributed by atoms with van der Waals surface area (Å²) >= 11 is 0. The number of hydrogen-bond donors (Lipinski definition) is 1. The Morgan fingerprint density at radius 3 is 2.75 bits per heavy atom. The van der Waals surface area contributed by atoms with Crippen LogP contribution in [0.25, 0.3) is 0 Å². The largest absolute Gasteiger partial charge is 0.396 e. The average Bonchev–Trinajstić information content (AvgIpc) is 3.07. The molecule has 2 heterocycles. The Labute approximate surface area is 120 Å². The second kappa shape index (κ2) is 5.46. The molecule has 5 heteroatoms. The van der Waals surface area contributed by atoms with Gasteiger partial charge in [-0.2, -0.15) is 5.10 Å². The molecule has 2 N–H and O–H groups in total. The van der Waals surface area contributed by atoms with Gasteiger partial charge in [-0.25, -0.2) is 0 Å². The first-order chi connectivity index (χ1) is 9.65. The minimum atomic E-state index is 0.00537. The standard InChI is InChI=1S/C15H24N4O/c1-11-5-4-8-18(9-11)15(20)14-13(16)10-19(17-14)12-6-2-3-7-12/h10-12H,2-9,16H2,1H3. The van der Waals surface area contributed by atoms with Crippen LogP contribution in [0.5, 0.6) is 0 Å². The van der Waals surface area contributed by atoms with Crippen LogP contribution < -0.4 is 5.73 Å². The number of likely N-dealkylation sites (tertiary alicyclic amines) is 1. The normalized spacial score (nSPS) is 24.2. The van der Waals surface area contributed by atoms with Crippen LogP contribution in [0.4, 0.5) is 5.69 Å². The number of nitrogen functional groups attached to an aromatic ring is 1. The van der Waals surface area contributed by atoms with E-state index in [2.05, 4.69) is 12.0 Å². The average molecular weight is 276 g/mol. The van der Waals surface area contributed by atoms with Crippen LogP contribution in [0.2, 0.25) is 0 Å². The topological polar surface area (TPSA) is 64.2 Å². The maximum atomic E-state index is 12.6. The van der Waals surface area contributed by atoms with Crippen molar-refractivity contribution in [3.05, 3.63) is 11.9 Å². The van der Waals surface area contributed by atoms with Gasteiger partial charge >= 0.3 is 0 Å². The Morgan fingerprint density at radius 2 is 2.05 bits per heavy atom. The second-order valence-electron chi connectivity index (χ2n) is 6.35. The number of nitrogens with zero attached hydrogens (tertiary/aromatic N) is 3. The van der Waals surface area contributed by atoms with Crippen LogP contribution in [0, 0.1) is 5.92 Å². The lowest BCUT2D eigenvalue weighted by Gasteiger charge is -2.30. The molecule has 1 aromatic heterocycles. The zero-order valence-corrected chi connectivity index (χ0v) is 12.2. The monoisotopic (exact) mass is 276 g/mol. The fraction of sp³-hybridized carbons (Fsp3) is 0.733. The third kappa shape index (κ3) is 2.53. The fourth-order valence-electron chi connectivity index (χ4n) is 3.45. The van der Waals surface area contributed by atoms with Gasteiger partial charge in [0.1, 0.15) is 0 Å². The molecular weight excluding hydrogens is 252 g/mol. The van der Waals surface area contributed by atoms with Gasteiger partial charge < -0.3 is 10.6 Å². The molecule has 1 aliphatic carbocycles. The van der Waals surface area contributed by atoms with Gasteiger partial charge in [0.15, 0.2) is 5.69 Å². The summed E-state index contributed by atoms with van der Waals surface area (Å²) in [6, 6.07) is 0.430. The lowest BCUT2D eigenvalue weighted by molar-refractivity contribution is 0.0677. The van der Waals surface area contributed by atoms with Crippen LogP contribution in [-0.2, 0) is 0 Å². The van der Waals surface area contributed by atoms with Crippen molar-refractivity contribution < 1.29 is 4.79 Å². The van der Waals surface area contributed by atoms with E-state index in [-0.39, 0.29) is 5.91 Å². The molecule has 1 aromatic rings. The van der Waals surface area contributed by atoms with Crippen LogP contribution in [0.1, 0.15) is 62.0 Å². The van der Waals surface area contributed by atoms with Crippen LogP contribution in [0.15, 0.2) is 6.20 Å². The highest BCUT2D eigenvalue weighted by Gasteiger charge is 2.27. The summed E-state index contributed by atoms with van der Waals surface area (Å²) in [7, 11) is 0. The molecule has 2 fully saturated rings. The summed E-state index contributed by atoms with van der Waals surface area (Å²) in [6.45, 7) is 3.85. The second-order valence-corrected chi connectivity index (χ2v) is 6.35. The van der Waals surface area contributed by atoms with Crippen molar-refractivity contribution in [3.63, 3.8) is 0 Å². The quantitative estimate of drug-likeness (QED) is 0.902. The van der Waals surface area contributed by atoms with Crippen molar-refractivity contribution in [2.24, 2.45) is 5.92 Å². The maximum absolute atomic E-state index is 12.6. The zero-order chi connectivity index (χ0) is 14.1. The Balaban J connectivity index is 1.77. The number of rotatable bonds is 2. The molecule has 1 atom stereocenters. The third-order valence-electron chi connectivity index (χ3n) is 4.61. The lowest BCUT2D eigenvalue weighted by Crippen LogP contribution is -2.39. The van der Waals surface area contributed by atoms with Crippen LogP contribution in [0.3, 0.4) is 0 Å². The van der Waals surface area contributed by atoms with E-state index in [1.807, 2.05) is 15.8 Å². The number of amides is 1. The van der Waals surface area contributed by atoms with E-state index in [4.69, 9.17) is 5.73 Å². The summed E-state index contributed by atoms with van der Waals surface area (Å²) in [6.07, 6.45) is 8.92. The van der Waals surface area contributed by atoms with E-state index >= 15 is 0 Å². The summed E-state index contributed by atoms with van der Waals surface area (Å²) in [4.78, 5) is 14.5. The number of piperidine rings is 1. The van der Waals surface area contributed by atoms with E-state index < -0.39 is 0 Å². The summed E-state index contributed by atoms with van der Waals surface area (Å²) < 4.78 is 1.92. The van der Waals surface area contributed by atoms with Crippen molar-refractivity contribution in [1.29, 1.82) is 0 Å². The highest BCUT2D eigenvalue weighted by molar-refractivity contribution is 5.97. The highest BCUT2D eigenvalue weighted by atomic mass is 16.2. The van der Waals surface area contributed by atoms with E-state index in [1.165, 1.54) is 19.3 Å². The van der Waals surface area contributed by atoms with Gasteiger partial charge in [0.2, 0.25) is 0 Å². The van der Waals surface area contributed by atoms with Gasteiger partial charge in [0, 0.05) is 19.3 Å². The summed E-state index contributed by atoms with van der Waals surface area (Å²) in [5, 5.41) is 4.49. The molecule has 0 radical (unpaired) electrons. The molecule has 0 spiro atoms. The molecule has 3 rings (SSSR count). The fourth-order valence-corrected chi connectivity index (χ4v) is 3.45. The molecule has 1 unspecified atom stereocenters. The first-order valence-electron chi connectivity index (χ1n) is 7.79. The van der Waals surface area contributed by atoms with E-state index in [0.717, 1.165) is 32.4 Å². The predicted octanol–water partition coefficient (Wildman–Crippen LogP) is 2.45. The molecule has 0 bridgehead atoms. The predicted molar refractivity (Wildman–Crippen MR) is 78.4 cm³/mol. The van der Waals surface area contributed by atoms with E-state index in [1.54, 1.807) is 0 Å². The lowest BCUT2D eigenvalue weighted by atomic mass is 10.00. The minimum Gasteiger partial charge on any atom is -0.396 e. The summed E-state index contributed by atoms with van der Waals surface area (Å²) in [5.74, 6) is 0.580. The number of carbonyl (C=O) groups excluding carboxylic acids is 1. The number of carbonyl (C=O) groups is 1. The van der Waals surface area contributed by atoms with Crippen molar-refractivity contribution in [3.8, 4) is 0 Å². The number of anilines is 1. The van der Waals surface area contributed by atoms with Gasteiger partial charge in [-0.1, -0.05) is 19.8 Å². The maximum Gasteiger partial charge on any atom is 0.276 e. The van der Waals surface area contributed by atoms with Crippen molar-refractivity contribution in [2.75, 3.05) is 18.8 Å². The Kier molecular flexibility index (Phi) is 3.68. The minimum absolute atomic E-state index is 0.00537. The molecule has 1 saturated carbocycles.